The highest BCUT2D eigenvalue weighted by Crippen LogP contribution is 2.27. The van der Waals surface area contributed by atoms with Crippen LogP contribution in [0.4, 0.5) is 4.79 Å². The SMILES string of the molecule is COC1CCCCC1NC1CC1NC(=O)OC(C)(C)C. The summed E-state index contributed by atoms with van der Waals surface area (Å²) in [5.41, 5.74) is -0.438. The van der Waals surface area contributed by atoms with Gasteiger partial charge >= 0.3 is 6.09 Å². The van der Waals surface area contributed by atoms with Crippen molar-refractivity contribution in [1.29, 1.82) is 0 Å². The molecule has 2 N–H and O–H groups in total. The van der Waals surface area contributed by atoms with E-state index in [1.54, 1.807) is 7.11 Å². The molecule has 20 heavy (non-hydrogen) atoms. The molecule has 5 nitrogen and oxygen atoms in total. The normalized spacial score (nSPS) is 33.6. The second-order valence-corrected chi connectivity index (χ2v) is 6.93. The van der Waals surface area contributed by atoms with Gasteiger partial charge in [-0.1, -0.05) is 12.8 Å². The third-order valence-electron chi connectivity index (χ3n) is 3.93. The van der Waals surface area contributed by atoms with Gasteiger partial charge in [0.2, 0.25) is 0 Å². The molecule has 2 aliphatic carbocycles. The summed E-state index contributed by atoms with van der Waals surface area (Å²) in [4.78, 5) is 11.7. The lowest BCUT2D eigenvalue weighted by Crippen LogP contribution is -2.46. The summed E-state index contributed by atoms with van der Waals surface area (Å²) in [5.74, 6) is 0. The standard InChI is InChI=1S/C15H28N2O3/c1-15(2,3)20-14(18)17-12-9-11(12)16-10-7-5-6-8-13(10)19-4/h10-13,16H,5-9H2,1-4H3,(H,17,18). The Morgan fingerprint density at radius 3 is 2.45 bits per heavy atom. The van der Waals surface area contributed by atoms with Crippen molar-refractivity contribution in [3.05, 3.63) is 0 Å². The second kappa shape index (κ2) is 6.31. The number of methoxy groups -OCH3 is 1. The van der Waals surface area contributed by atoms with E-state index in [2.05, 4.69) is 10.6 Å². The number of carbonyl (C=O) groups excluding carboxylic acids is 1. The molecular weight excluding hydrogens is 256 g/mol. The third kappa shape index (κ3) is 4.63. The number of hydrogen-bond acceptors (Lipinski definition) is 4. The first-order valence-electron chi connectivity index (χ1n) is 7.67. The zero-order valence-electron chi connectivity index (χ0n) is 13.1. The Morgan fingerprint density at radius 2 is 1.80 bits per heavy atom. The van der Waals surface area contributed by atoms with Gasteiger partial charge in [0.1, 0.15) is 5.60 Å². The minimum absolute atomic E-state index is 0.198. The highest BCUT2D eigenvalue weighted by molar-refractivity contribution is 5.68. The van der Waals surface area contributed by atoms with Crippen molar-refractivity contribution in [2.75, 3.05) is 7.11 Å². The molecule has 5 heteroatoms. The van der Waals surface area contributed by atoms with E-state index >= 15 is 0 Å². The van der Waals surface area contributed by atoms with Crippen LogP contribution in [0.15, 0.2) is 0 Å². The molecule has 1 amide bonds. The molecule has 0 heterocycles. The van der Waals surface area contributed by atoms with E-state index in [1.165, 1.54) is 12.8 Å². The summed E-state index contributed by atoms with van der Waals surface area (Å²) in [6.07, 6.45) is 5.77. The predicted octanol–water partition coefficient (Wildman–Crippen LogP) is 2.20. The maximum Gasteiger partial charge on any atom is 0.407 e. The molecule has 2 fully saturated rings. The summed E-state index contributed by atoms with van der Waals surface area (Å²) in [5, 5.41) is 6.54. The molecule has 0 aromatic heterocycles. The summed E-state index contributed by atoms with van der Waals surface area (Å²) < 4.78 is 10.8. The third-order valence-corrected chi connectivity index (χ3v) is 3.93. The van der Waals surface area contributed by atoms with Gasteiger partial charge in [-0.25, -0.2) is 4.79 Å². The molecule has 0 aromatic carbocycles. The number of rotatable bonds is 4. The van der Waals surface area contributed by atoms with Crippen molar-refractivity contribution < 1.29 is 14.3 Å². The maximum absolute atomic E-state index is 11.7. The van der Waals surface area contributed by atoms with Crippen LogP contribution in [-0.2, 0) is 9.47 Å². The molecule has 0 spiro atoms. The molecular formula is C15H28N2O3. The lowest BCUT2D eigenvalue weighted by Gasteiger charge is -2.31. The zero-order valence-corrected chi connectivity index (χ0v) is 13.1. The van der Waals surface area contributed by atoms with E-state index in [9.17, 15) is 4.79 Å². The molecule has 2 rings (SSSR count). The van der Waals surface area contributed by atoms with Gasteiger partial charge in [-0.05, 0) is 40.0 Å². The van der Waals surface area contributed by atoms with Crippen LogP contribution < -0.4 is 10.6 Å². The molecule has 4 unspecified atom stereocenters. The van der Waals surface area contributed by atoms with Crippen LogP contribution in [0.5, 0.6) is 0 Å². The van der Waals surface area contributed by atoms with Crippen LogP contribution in [0.3, 0.4) is 0 Å². The Balaban J connectivity index is 1.71. The fourth-order valence-electron chi connectivity index (χ4n) is 2.84. The van der Waals surface area contributed by atoms with E-state index in [0.29, 0.717) is 18.2 Å². The average molecular weight is 284 g/mol. The number of carbonyl (C=O) groups is 1. The predicted molar refractivity (Wildman–Crippen MR) is 77.8 cm³/mol. The van der Waals surface area contributed by atoms with Gasteiger partial charge < -0.3 is 20.1 Å². The Kier molecular flexibility index (Phi) is 4.91. The summed E-state index contributed by atoms with van der Waals surface area (Å²) in [7, 11) is 1.79. The first-order chi connectivity index (χ1) is 9.39. The van der Waals surface area contributed by atoms with Crippen molar-refractivity contribution >= 4 is 6.09 Å². The van der Waals surface area contributed by atoms with Gasteiger partial charge in [0.15, 0.2) is 0 Å². The first kappa shape index (κ1) is 15.6. The molecule has 0 saturated heterocycles. The summed E-state index contributed by atoms with van der Waals surface area (Å²) in [6, 6.07) is 0.983. The Hall–Kier alpha value is -0.810. The monoisotopic (exact) mass is 284 g/mol. The van der Waals surface area contributed by atoms with E-state index in [-0.39, 0.29) is 12.1 Å². The number of nitrogens with one attached hydrogen (secondary N) is 2. The summed E-state index contributed by atoms with van der Waals surface area (Å²) >= 11 is 0. The van der Waals surface area contributed by atoms with Gasteiger partial charge in [0.05, 0.1) is 6.10 Å². The van der Waals surface area contributed by atoms with Crippen LogP contribution >= 0.6 is 0 Å². The van der Waals surface area contributed by atoms with E-state index in [4.69, 9.17) is 9.47 Å². The largest absolute Gasteiger partial charge is 0.444 e. The smallest absolute Gasteiger partial charge is 0.407 e. The highest BCUT2D eigenvalue weighted by Gasteiger charge is 2.41. The molecule has 4 atom stereocenters. The minimum atomic E-state index is -0.438. The van der Waals surface area contributed by atoms with Gasteiger partial charge in [-0.3, -0.25) is 0 Å². The average Bonchev–Trinajstić information content (AvgIpc) is 3.05. The van der Waals surface area contributed by atoms with Crippen LogP contribution in [-0.4, -0.2) is 43.0 Å². The van der Waals surface area contributed by atoms with E-state index in [1.807, 2.05) is 20.8 Å². The van der Waals surface area contributed by atoms with Crippen LogP contribution in [0.2, 0.25) is 0 Å². The van der Waals surface area contributed by atoms with E-state index < -0.39 is 5.60 Å². The van der Waals surface area contributed by atoms with Crippen molar-refractivity contribution in [2.45, 2.75) is 82.7 Å². The first-order valence-corrected chi connectivity index (χ1v) is 7.67. The number of ether oxygens (including phenoxy) is 2. The van der Waals surface area contributed by atoms with Gasteiger partial charge in [-0.2, -0.15) is 0 Å². The fraction of sp³-hybridized carbons (Fsp3) is 0.933. The van der Waals surface area contributed by atoms with Crippen LogP contribution in [0, 0.1) is 0 Å². The van der Waals surface area contributed by atoms with Gasteiger partial charge in [0.25, 0.3) is 0 Å². The molecule has 2 aliphatic rings. The lowest BCUT2D eigenvalue weighted by molar-refractivity contribution is 0.0403. The van der Waals surface area contributed by atoms with Gasteiger partial charge in [0, 0.05) is 25.2 Å². The maximum atomic E-state index is 11.7. The van der Waals surface area contributed by atoms with Gasteiger partial charge in [-0.15, -0.1) is 0 Å². The van der Waals surface area contributed by atoms with E-state index in [0.717, 1.165) is 19.3 Å². The number of amides is 1. The second-order valence-electron chi connectivity index (χ2n) is 6.93. The Labute approximate surface area is 121 Å². The highest BCUT2D eigenvalue weighted by atomic mass is 16.6. The van der Waals surface area contributed by atoms with Crippen LogP contribution in [0.25, 0.3) is 0 Å². The minimum Gasteiger partial charge on any atom is -0.444 e. The quantitative estimate of drug-likeness (QED) is 0.831. The van der Waals surface area contributed by atoms with Crippen LogP contribution in [0.1, 0.15) is 52.9 Å². The molecule has 0 aromatic rings. The molecule has 0 aliphatic heterocycles. The molecule has 0 radical (unpaired) electrons. The number of alkyl carbamates (subject to hydrolysis) is 1. The molecule has 116 valence electrons. The van der Waals surface area contributed by atoms with Crippen molar-refractivity contribution in [2.24, 2.45) is 0 Å². The Morgan fingerprint density at radius 1 is 1.10 bits per heavy atom. The topological polar surface area (TPSA) is 59.6 Å². The van der Waals surface area contributed by atoms with Crippen molar-refractivity contribution in [3.8, 4) is 0 Å². The number of hydrogen-bond donors (Lipinski definition) is 2. The van der Waals surface area contributed by atoms with Crippen molar-refractivity contribution in [1.82, 2.24) is 10.6 Å². The molecule has 0 bridgehead atoms. The molecule has 2 saturated carbocycles. The lowest BCUT2D eigenvalue weighted by atomic mass is 9.92. The fourth-order valence-corrected chi connectivity index (χ4v) is 2.84. The Bertz CT molecular complexity index is 341. The summed E-state index contributed by atoms with van der Waals surface area (Å²) in [6.45, 7) is 5.63. The zero-order chi connectivity index (χ0) is 14.8. The van der Waals surface area contributed by atoms with Crippen molar-refractivity contribution in [3.63, 3.8) is 0 Å².